The van der Waals surface area contributed by atoms with E-state index >= 15 is 0 Å². The van der Waals surface area contributed by atoms with E-state index in [-0.39, 0.29) is 12.5 Å². The van der Waals surface area contributed by atoms with Gasteiger partial charge >= 0.3 is 0 Å². The maximum absolute atomic E-state index is 12.6. The fraction of sp³-hybridized carbons (Fsp3) is 0.795. The Bertz CT molecular complexity index is 1360. The van der Waals surface area contributed by atoms with Crippen LogP contribution in [0.4, 0.5) is 0 Å². The van der Waals surface area contributed by atoms with Gasteiger partial charge in [-0.3, -0.25) is 4.79 Å². The van der Waals surface area contributed by atoms with E-state index in [2.05, 4.69) is 104 Å². The second-order valence-corrected chi connectivity index (χ2v) is 23.2. The standard InChI is InChI=1S/C73H133NO3/c1-3-5-7-9-11-13-15-17-19-21-23-25-27-29-31-33-35-37-39-41-43-45-47-49-51-53-55-57-59-61-63-65-67-69-73(77)74-71(70-75)72(76)68-66-64-62-60-58-56-54-52-50-48-46-44-42-40-38-36-34-32-30-28-26-24-22-20-18-16-14-12-10-8-6-4-2/h5,7,11,13,17,19,23,25,29,31,35,37,41,43,71-72,75-76H,3-4,6,8-10,12,14-16,18,20-22,24,26-28,30,32-34,36,38-40,42,44-70H2,1-2H3,(H,74,77)/b7-5-,13-11-,19-17-,25-23-,31-29-,37-35-,43-41-. The van der Waals surface area contributed by atoms with E-state index in [4.69, 9.17) is 0 Å². The summed E-state index contributed by atoms with van der Waals surface area (Å²) < 4.78 is 0. The third kappa shape index (κ3) is 64.3. The van der Waals surface area contributed by atoms with Crippen molar-refractivity contribution < 1.29 is 15.0 Å². The smallest absolute Gasteiger partial charge is 0.220 e. The molecule has 3 N–H and O–H groups in total. The molecule has 0 saturated carbocycles. The van der Waals surface area contributed by atoms with Gasteiger partial charge in [-0.25, -0.2) is 0 Å². The van der Waals surface area contributed by atoms with E-state index in [0.29, 0.717) is 12.8 Å². The summed E-state index contributed by atoms with van der Waals surface area (Å²) in [6.07, 6.45) is 99.1. The van der Waals surface area contributed by atoms with Crippen LogP contribution >= 0.6 is 0 Å². The van der Waals surface area contributed by atoms with Crippen molar-refractivity contribution in [3.63, 3.8) is 0 Å². The molecule has 2 atom stereocenters. The molecule has 0 bridgehead atoms. The van der Waals surface area contributed by atoms with Crippen LogP contribution in [0.15, 0.2) is 85.1 Å². The van der Waals surface area contributed by atoms with Gasteiger partial charge in [0.2, 0.25) is 5.91 Å². The number of hydrogen-bond acceptors (Lipinski definition) is 3. The highest BCUT2D eigenvalue weighted by atomic mass is 16.3. The minimum Gasteiger partial charge on any atom is -0.394 e. The summed E-state index contributed by atoms with van der Waals surface area (Å²) in [5.74, 6) is -0.0329. The summed E-state index contributed by atoms with van der Waals surface area (Å²) >= 11 is 0. The Morgan fingerprint density at radius 2 is 0.571 bits per heavy atom. The number of aliphatic hydroxyl groups is 2. The number of hydrogen-bond donors (Lipinski definition) is 3. The predicted octanol–water partition coefficient (Wildman–Crippen LogP) is 23.4. The first-order valence-corrected chi connectivity index (χ1v) is 34.3. The second kappa shape index (κ2) is 67.8. The number of unbranched alkanes of at least 4 members (excludes halogenated alkanes) is 42. The summed E-state index contributed by atoms with van der Waals surface area (Å²) in [6, 6.07) is -0.545. The fourth-order valence-corrected chi connectivity index (χ4v) is 10.5. The zero-order chi connectivity index (χ0) is 55.5. The lowest BCUT2D eigenvalue weighted by molar-refractivity contribution is -0.123. The lowest BCUT2D eigenvalue weighted by Gasteiger charge is -2.22. The lowest BCUT2D eigenvalue weighted by Crippen LogP contribution is -2.45. The minimum atomic E-state index is -0.668. The van der Waals surface area contributed by atoms with Gasteiger partial charge in [-0.15, -0.1) is 0 Å². The number of allylic oxidation sites excluding steroid dienone is 14. The first-order valence-electron chi connectivity index (χ1n) is 34.3. The van der Waals surface area contributed by atoms with Crippen LogP contribution in [-0.2, 0) is 4.79 Å². The summed E-state index contributed by atoms with van der Waals surface area (Å²) in [6.45, 7) is 4.27. The van der Waals surface area contributed by atoms with Crippen molar-refractivity contribution >= 4 is 5.91 Å². The van der Waals surface area contributed by atoms with Crippen LogP contribution in [0.25, 0.3) is 0 Å². The van der Waals surface area contributed by atoms with Crippen molar-refractivity contribution in [2.75, 3.05) is 6.61 Å². The number of aliphatic hydroxyl groups excluding tert-OH is 2. The molecule has 0 aromatic heterocycles. The Morgan fingerprint density at radius 1 is 0.325 bits per heavy atom. The van der Waals surface area contributed by atoms with E-state index in [0.717, 1.165) is 70.6 Å². The average molecular weight is 1070 g/mol. The van der Waals surface area contributed by atoms with Crippen LogP contribution in [-0.4, -0.2) is 34.9 Å². The molecule has 0 aliphatic rings. The number of carbonyl (C=O) groups excluding carboxylic acids is 1. The number of carbonyl (C=O) groups is 1. The van der Waals surface area contributed by atoms with Gasteiger partial charge in [0.25, 0.3) is 0 Å². The van der Waals surface area contributed by atoms with E-state index in [1.165, 1.54) is 257 Å². The Morgan fingerprint density at radius 3 is 0.857 bits per heavy atom. The van der Waals surface area contributed by atoms with Crippen LogP contribution in [0.3, 0.4) is 0 Å². The van der Waals surface area contributed by atoms with Gasteiger partial charge in [0.05, 0.1) is 18.8 Å². The first-order chi connectivity index (χ1) is 38.2. The van der Waals surface area contributed by atoms with Crippen LogP contribution < -0.4 is 5.32 Å². The third-order valence-corrected chi connectivity index (χ3v) is 15.7. The van der Waals surface area contributed by atoms with Gasteiger partial charge in [0.1, 0.15) is 0 Å². The minimum absolute atomic E-state index is 0.0329. The molecule has 0 aliphatic carbocycles. The molecule has 77 heavy (non-hydrogen) atoms. The van der Waals surface area contributed by atoms with Crippen molar-refractivity contribution in [3.05, 3.63) is 85.1 Å². The molecular formula is C73H133NO3. The van der Waals surface area contributed by atoms with Gasteiger partial charge in [-0.2, -0.15) is 0 Å². The molecule has 0 saturated heterocycles. The largest absolute Gasteiger partial charge is 0.394 e. The quantitative estimate of drug-likeness (QED) is 0.0420. The van der Waals surface area contributed by atoms with Crippen LogP contribution in [0.5, 0.6) is 0 Å². The molecule has 2 unspecified atom stereocenters. The van der Waals surface area contributed by atoms with Crippen LogP contribution in [0.2, 0.25) is 0 Å². The number of nitrogens with one attached hydrogen (secondary N) is 1. The van der Waals surface area contributed by atoms with Crippen molar-refractivity contribution in [1.82, 2.24) is 5.32 Å². The van der Waals surface area contributed by atoms with Gasteiger partial charge in [-0.05, 0) is 70.6 Å². The summed E-state index contributed by atoms with van der Waals surface area (Å²) in [5.41, 5.74) is 0. The molecule has 448 valence electrons. The van der Waals surface area contributed by atoms with E-state index < -0.39 is 12.1 Å². The Kier molecular flexibility index (Phi) is 65.7. The molecule has 0 rings (SSSR count). The topological polar surface area (TPSA) is 69.6 Å². The SMILES string of the molecule is CC/C=C\C/C=C\C/C=C\C/C=C\C/C=C\C/C=C\C/C=C\CCCCCCCCCCCCCC(=O)NC(CO)C(O)CCCCCCCCCCCCCCCCCCCCCCCCCCCCCCCCCC. The van der Waals surface area contributed by atoms with Gasteiger partial charge in [0, 0.05) is 6.42 Å². The highest BCUT2D eigenvalue weighted by Crippen LogP contribution is 2.19. The highest BCUT2D eigenvalue weighted by Gasteiger charge is 2.20. The van der Waals surface area contributed by atoms with E-state index in [1.807, 2.05) is 0 Å². The Labute approximate surface area is 481 Å². The van der Waals surface area contributed by atoms with Crippen LogP contribution in [0.1, 0.15) is 354 Å². The first kappa shape index (κ1) is 74.6. The zero-order valence-corrected chi connectivity index (χ0v) is 51.7. The predicted molar refractivity (Wildman–Crippen MR) is 345 cm³/mol. The van der Waals surface area contributed by atoms with E-state index in [9.17, 15) is 15.0 Å². The molecule has 0 heterocycles. The Hall–Kier alpha value is -2.43. The van der Waals surface area contributed by atoms with Gasteiger partial charge in [0.15, 0.2) is 0 Å². The van der Waals surface area contributed by atoms with Gasteiger partial charge in [-0.1, -0.05) is 362 Å². The molecule has 0 aromatic rings. The molecule has 0 aromatic carbocycles. The third-order valence-electron chi connectivity index (χ3n) is 15.7. The van der Waals surface area contributed by atoms with Crippen molar-refractivity contribution in [2.24, 2.45) is 0 Å². The summed E-state index contributed by atoms with van der Waals surface area (Å²) in [4.78, 5) is 12.6. The normalized spacial score (nSPS) is 13.2. The molecule has 4 heteroatoms. The van der Waals surface area contributed by atoms with E-state index in [1.54, 1.807) is 0 Å². The van der Waals surface area contributed by atoms with Gasteiger partial charge < -0.3 is 15.5 Å². The molecular weight excluding hydrogens is 939 g/mol. The monoisotopic (exact) mass is 1070 g/mol. The van der Waals surface area contributed by atoms with Crippen molar-refractivity contribution in [2.45, 2.75) is 366 Å². The molecule has 0 spiro atoms. The second-order valence-electron chi connectivity index (χ2n) is 23.2. The number of amides is 1. The lowest BCUT2D eigenvalue weighted by atomic mass is 10.0. The average Bonchev–Trinajstić information content (AvgIpc) is 3.43. The fourth-order valence-electron chi connectivity index (χ4n) is 10.5. The molecule has 1 amide bonds. The maximum Gasteiger partial charge on any atom is 0.220 e. The number of rotatable bonds is 63. The summed E-state index contributed by atoms with van der Waals surface area (Å²) in [5, 5.41) is 23.5. The highest BCUT2D eigenvalue weighted by molar-refractivity contribution is 5.76. The molecule has 0 aliphatic heterocycles. The van der Waals surface area contributed by atoms with Crippen molar-refractivity contribution in [1.29, 1.82) is 0 Å². The maximum atomic E-state index is 12.6. The zero-order valence-electron chi connectivity index (χ0n) is 51.7. The molecule has 0 fully saturated rings. The van der Waals surface area contributed by atoms with Crippen LogP contribution in [0, 0.1) is 0 Å². The summed E-state index contributed by atoms with van der Waals surface area (Å²) in [7, 11) is 0. The Balaban J connectivity index is 3.46. The molecule has 4 nitrogen and oxygen atoms in total. The van der Waals surface area contributed by atoms with Crippen molar-refractivity contribution in [3.8, 4) is 0 Å². The molecule has 0 radical (unpaired) electrons.